The van der Waals surface area contributed by atoms with Crippen LogP contribution in [0, 0.1) is 0 Å². The van der Waals surface area contributed by atoms with Crippen molar-refractivity contribution >= 4 is 5.96 Å². The Morgan fingerprint density at radius 3 is 2.30 bits per heavy atom. The molecule has 2 heterocycles. The highest BCUT2D eigenvalue weighted by Crippen LogP contribution is 2.36. The summed E-state index contributed by atoms with van der Waals surface area (Å²) in [7, 11) is 3.78. The van der Waals surface area contributed by atoms with Crippen LogP contribution < -0.4 is 5.32 Å². The van der Waals surface area contributed by atoms with Gasteiger partial charge in [0.15, 0.2) is 5.96 Å². The second kappa shape index (κ2) is 7.84. The number of likely N-dealkylation sites (tertiary alicyclic amines) is 2. The standard InChI is InChI=1S/C18H34N4O/c1-19-17(21-11-5-6-12-21)20-15-18(9-3-4-10-18)22-13-7-16(23-2)8-14-22/h16H,3-15H2,1-2H3,(H,19,20). The summed E-state index contributed by atoms with van der Waals surface area (Å²) in [6.45, 7) is 5.73. The first kappa shape index (κ1) is 17.0. The van der Waals surface area contributed by atoms with Gasteiger partial charge in [-0.2, -0.15) is 0 Å². The number of nitrogens with one attached hydrogen (secondary N) is 1. The minimum Gasteiger partial charge on any atom is -0.381 e. The Hall–Kier alpha value is -0.810. The molecule has 2 saturated heterocycles. The van der Waals surface area contributed by atoms with E-state index in [1.54, 1.807) is 0 Å². The summed E-state index contributed by atoms with van der Waals surface area (Å²) in [5.74, 6) is 1.11. The summed E-state index contributed by atoms with van der Waals surface area (Å²) in [6, 6.07) is 0. The van der Waals surface area contributed by atoms with E-state index in [2.05, 4.69) is 20.1 Å². The lowest BCUT2D eigenvalue weighted by atomic mass is 9.91. The van der Waals surface area contributed by atoms with E-state index >= 15 is 0 Å². The third kappa shape index (κ3) is 3.82. The summed E-state index contributed by atoms with van der Waals surface area (Å²) >= 11 is 0. The molecule has 1 aliphatic carbocycles. The zero-order valence-corrected chi connectivity index (χ0v) is 15.0. The van der Waals surface area contributed by atoms with E-state index in [0.717, 1.165) is 25.6 Å². The maximum absolute atomic E-state index is 5.55. The zero-order chi connectivity index (χ0) is 16.1. The summed E-state index contributed by atoms with van der Waals surface area (Å²) in [4.78, 5) is 9.69. The lowest BCUT2D eigenvalue weighted by Crippen LogP contribution is -2.58. The first-order valence-corrected chi connectivity index (χ1v) is 9.51. The van der Waals surface area contributed by atoms with E-state index in [1.807, 2.05) is 14.2 Å². The van der Waals surface area contributed by atoms with Gasteiger partial charge in [-0.25, -0.2) is 0 Å². The van der Waals surface area contributed by atoms with Gasteiger partial charge in [0, 0.05) is 52.4 Å². The zero-order valence-electron chi connectivity index (χ0n) is 15.0. The first-order chi connectivity index (χ1) is 11.3. The Morgan fingerprint density at radius 1 is 1.09 bits per heavy atom. The molecule has 0 aromatic heterocycles. The molecule has 0 atom stereocenters. The minimum atomic E-state index is 0.342. The van der Waals surface area contributed by atoms with Gasteiger partial charge in [-0.15, -0.1) is 0 Å². The van der Waals surface area contributed by atoms with Crippen LogP contribution >= 0.6 is 0 Å². The highest BCUT2D eigenvalue weighted by Gasteiger charge is 2.41. The topological polar surface area (TPSA) is 40.1 Å². The SMILES string of the molecule is CN=C(NCC1(N2CCC(OC)CC2)CCCC1)N1CCCC1. The van der Waals surface area contributed by atoms with Crippen molar-refractivity contribution in [2.45, 2.75) is 63.0 Å². The summed E-state index contributed by atoms with van der Waals surface area (Å²) < 4.78 is 5.55. The number of hydrogen-bond acceptors (Lipinski definition) is 3. The fraction of sp³-hybridized carbons (Fsp3) is 0.944. The van der Waals surface area contributed by atoms with Crippen molar-refractivity contribution in [2.24, 2.45) is 4.99 Å². The van der Waals surface area contributed by atoms with Crippen LogP contribution in [0.5, 0.6) is 0 Å². The molecule has 0 amide bonds. The van der Waals surface area contributed by atoms with Crippen molar-refractivity contribution in [3.8, 4) is 0 Å². The van der Waals surface area contributed by atoms with Gasteiger partial charge in [-0.3, -0.25) is 9.89 Å². The van der Waals surface area contributed by atoms with Crippen molar-refractivity contribution in [2.75, 3.05) is 46.9 Å². The lowest BCUT2D eigenvalue weighted by molar-refractivity contribution is -0.00176. The minimum absolute atomic E-state index is 0.342. The Kier molecular flexibility index (Phi) is 5.81. The molecule has 5 nitrogen and oxygen atoms in total. The smallest absolute Gasteiger partial charge is 0.193 e. The van der Waals surface area contributed by atoms with Crippen molar-refractivity contribution in [3.63, 3.8) is 0 Å². The van der Waals surface area contributed by atoms with Gasteiger partial charge in [0.05, 0.1) is 6.10 Å². The van der Waals surface area contributed by atoms with E-state index in [0.29, 0.717) is 11.6 Å². The Bertz CT molecular complexity index is 392. The van der Waals surface area contributed by atoms with Crippen molar-refractivity contribution in [1.29, 1.82) is 0 Å². The Labute approximate surface area is 141 Å². The van der Waals surface area contributed by atoms with Crippen LogP contribution in [0.2, 0.25) is 0 Å². The number of guanidine groups is 1. The molecule has 0 aromatic carbocycles. The predicted octanol–water partition coefficient (Wildman–Crippen LogP) is 2.08. The van der Waals surface area contributed by atoms with Crippen LogP contribution in [-0.2, 0) is 4.74 Å². The molecule has 3 aliphatic rings. The monoisotopic (exact) mass is 322 g/mol. The number of hydrogen-bond donors (Lipinski definition) is 1. The second-order valence-electron chi connectivity index (χ2n) is 7.45. The largest absolute Gasteiger partial charge is 0.381 e. The van der Waals surface area contributed by atoms with Gasteiger partial charge >= 0.3 is 0 Å². The normalized spacial score (nSPS) is 26.9. The molecule has 3 rings (SSSR count). The first-order valence-electron chi connectivity index (χ1n) is 9.51. The van der Waals surface area contributed by atoms with E-state index < -0.39 is 0 Å². The molecule has 3 fully saturated rings. The quantitative estimate of drug-likeness (QED) is 0.635. The molecule has 132 valence electrons. The number of nitrogens with zero attached hydrogens (tertiary/aromatic N) is 3. The van der Waals surface area contributed by atoms with Crippen LogP contribution in [-0.4, -0.2) is 74.3 Å². The summed E-state index contributed by atoms with van der Waals surface area (Å²) in [6.07, 6.45) is 10.8. The van der Waals surface area contributed by atoms with Crippen LogP contribution in [0.25, 0.3) is 0 Å². The molecular weight excluding hydrogens is 288 g/mol. The van der Waals surface area contributed by atoms with Gasteiger partial charge in [0.2, 0.25) is 0 Å². The molecule has 5 heteroatoms. The maximum Gasteiger partial charge on any atom is 0.193 e. The number of rotatable bonds is 4. The van der Waals surface area contributed by atoms with Gasteiger partial charge < -0.3 is 15.0 Å². The molecule has 2 aliphatic heterocycles. The molecule has 0 radical (unpaired) electrons. The summed E-state index contributed by atoms with van der Waals surface area (Å²) in [5, 5.41) is 3.72. The molecular formula is C18H34N4O. The molecule has 0 bridgehead atoms. The second-order valence-corrected chi connectivity index (χ2v) is 7.45. The van der Waals surface area contributed by atoms with Crippen LogP contribution in [0.4, 0.5) is 0 Å². The van der Waals surface area contributed by atoms with E-state index in [9.17, 15) is 0 Å². The van der Waals surface area contributed by atoms with Crippen molar-refractivity contribution in [1.82, 2.24) is 15.1 Å². The molecule has 0 aromatic rings. The average Bonchev–Trinajstić information content (AvgIpc) is 3.28. The number of methoxy groups -OCH3 is 1. The maximum atomic E-state index is 5.55. The fourth-order valence-corrected chi connectivity index (χ4v) is 4.71. The van der Waals surface area contributed by atoms with Gasteiger partial charge in [-0.05, 0) is 38.5 Å². The number of piperidine rings is 1. The summed E-state index contributed by atoms with van der Waals surface area (Å²) in [5.41, 5.74) is 0.342. The van der Waals surface area contributed by atoms with Gasteiger partial charge in [0.1, 0.15) is 0 Å². The Morgan fingerprint density at radius 2 is 1.74 bits per heavy atom. The molecule has 23 heavy (non-hydrogen) atoms. The van der Waals surface area contributed by atoms with Crippen molar-refractivity contribution < 1.29 is 4.74 Å². The van der Waals surface area contributed by atoms with E-state index in [1.165, 1.54) is 64.5 Å². The van der Waals surface area contributed by atoms with Crippen LogP contribution in [0.1, 0.15) is 51.4 Å². The number of ether oxygens (including phenoxy) is 1. The molecule has 1 N–H and O–H groups in total. The highest BCUT2D eigenvalue weighted by atomic mass is 16.5. The molecule has 1 saturated carbocycles. The van der Waals surface area contributed by atoms with Gasteiger partial charge in [-0.1, -0.05) is 12.8 Å². The third-order valence-corrected chi connectivity index (χ3v) is 6.17. The molecule has 0 spiro atoms. The third-order valence-electron chi connectivity index (χ3n) is 6.17. The average molecular weight is 322 g/mol. The fourth-order valence-electron chi connectivity index (χ4n) is 4.71. The van der Waals surface area contributed by atoms with Gasteiger partial charge in [0.25, 0.3) is 0 Å². The van der Waals surface area contributed by atoms with Crippen LogP contribution in [0.15, 0.2) is 4.99 Å². The van der Waals surface area contributed by atoms with Crippen LogP contribution in [0.3, 0.4) is 0 Å². The Balaban J connectivity index is 1.59. The molecule has 0 unspecified atom stereocenters. The lowest BCUT2D eigenvalue weighted by Gasteiger charge is -2.45. The highest BCUT2D eigenvalue weighted by molar-refractivity contribution is 5.80. The van der Waals surface area contributed by atoms with E-state index in [-0.39, 0.29) is 0 Å². The van der Waals surface area contributed by atoms with E-state index in [4.69, 9.17) is 4.74 Å². The van der Waals surface area contributed by atoms with Crippen molar-refractivity contribution in [3.05, 3.63) is 0 Å². The number of aliphatic imine (C=N–C) groups is 1. The predicted molar refractivity (Wildman–Crippen MR) is 95.0 cm³/mol.